The fraction of sp³-hybridized carbons (Fsp3) is 0. The first kappa shape index (κ1) is 8.18. The van der Waals surface area contributed by atoms with E-state index in [1.165, 1.54) is 6.20 Å². The van der Waals surface area contributed by atoms with Crippen LogP contribution in [0.5, 0.6) is 0 Å². The molecule has 5 nitrogen and oxygen atoms in total. The van der Waals surface area contributed by atoms with Crippen LogP contribution in [0.15, 0.2) is 26.7 Å². The average Bonchev–Trinajstić information content (AvgIpc) is 2.09. The minimum absolute atomic E-state index is 0.180. The molecule has 0 radical (unpaired) electrons. The number of hydrogen-bond acceptors (Lipinski definition) is 3. The molecule has 2 heterocycles. The molecule has 1 aromatic heterocycles. The van der Waals surface area contributed by atoms with Gasteiger partial charge in [0.1, 0.15) is 5.36 Å². The number of hydrogen-bond donors (Lipinski definition) is 0. The van der Waals surface area contributed by atoms with Crippen molar-refractivity contribution in [1.82, 2.24) is 4.98 Å². The predicted octanol–water partition coefficient (Wildman–Crippen LogP) is -0.850. The topological polar surface area (TPSA) is 71.8 Å². The minimum Gasteiger partial charge on any atom is -0.261 e. The monoisotopic (exact) mass is 239 g/mol. The Bertz CT molecular complexity index is 523. The van der Waals surface area contributed by atoms with Gasteiger partial charge >= 0.3 is 11.8 Å². The van der Waals surface area contributed by atoms with Crippen molar-refractivity contribution in [2.75, 3.05) is 0 Å². The Hall–Kier alpha value is -1.43. The molecule has 0 fully saturated rings. The molecule has 0 bridgehead atoms. The normalized spacial score (nSPS) is 14.5. The van der Waals surface area contributed by atoms with Gasteiger partial charge in [-0.05, 0) is 22.0 Å². The van der Waals surface area contributed by atoms with Gasteiger partial charge in [0.2, 0.25) is 0 Å². The lowest BCUT2D eigenvalue weighted by molar-refractivity contribution is -0.135. The molecule has 2 rings (SSSR count). The highest BCUT2D eigenvalue weighted by atomic mass is 79.9. The molecule has 64 valence electrons. The lowest BCUT2D eigenvalue weighted by atomic mass is 10.4. The van der Waals surface area contributed by atoms with Crippen LogP contribution in [0.2, 0.25) is 0 Å². The van der Waals surface area contributed by atoms with E-state index in [-0.39, 0.29) is 5.49 Å². The molecule has 0 aliphatic carbocycles. The first-order chi connectivity index (χ1) is 6.18. The van der Waals surface area contributed by atoms with Gasteiger partial charge in [0.15, 0.2) is 5.49 Å². The van der Waals surface area contributed by atoms with Gasteiger partial charge in [-0.3, -0.25) is 9.59 Å². The second-order valence-electron chi connectivity index (χ2n) is 2.30. The summed E-state index contributed by atoms with van der Waals surface area (Å²) >= 11 is 3.17. The molecule has 13 heavy (non-hydrogen) atoms. The molecule has 1 aromatic rings. The summed E-state index contributed by atoms with van der Waals surface area (Å²) in [7, 11) is 0. The second-order valence-corrected chi connectivity index (χ2v) is 3.15. The molecule has 0 unspecified atom stereocenters. The minimum atomic E-state index is -0.877. The van der Waals surface area contributed by atoms with Crippen LogP contribution < -0.4 is 10.8 Å². The fourth-order valence-corrected chi connectivity index (χ4v) is 1.28. The molecular weight excluding hydrogens is 238 g/mol. The van der Waals surface area contributed by atoms with Gasteiger partial charge in [0, 0.05) is 10.7 Å². The van der Waals surface area contributed by atoms with E-state index in [4.69, 9.17) is 0 Å². The van der Waals surface area contributed by atoms with Gasteiger partial charge in [-0.2, -0.15) is 9.98 Å². The van der Waals surface area contributed by atoms with Gasteiger partial charge < -0.3 is 0 Å². The Kier molecular flexibility index (Phi) is 1.77. The number of amides is 2. The number of carbonyl (C=O) groups excluding carboxylic acids is 2. The van der Waals surface area contributed by atoms with E-state index in [0.717, 1.165) is 0 Å². The third-order valence-electron chi connectivity index (χ3n) is 1.46. The van der Waals surface area contributed by atoms with Gasteiger partial charge in [0.05, 0.1) is 0 Å². The van der Waals surface area contributed by atoms with Crippen molar-refractivity contribution >= 4 is 27.7 Å². The number of halogens is 1. The van der Waals surface area contributed by atoms with Crippen molar-refractivity contribution in [1.29, 1.82) is 0 Å². The fourth-order valence-electron chi connectivity index (χ4n) is 0.899. The Morgan fingerprint density at radius 1 is 1.15 bits per heavy atom. The van der Waals surface area contributed by atoms with Gasteiger partial charge in [0.25, 0.3) is 0 Å². The van der Waals surface area contributed by atoms with Crippen molar-refractivity contribution in [3.63, 3.8) is 0 Å². The van der Waals surface area contributed by atoms with Crippen LogP contribution in [0.4, 0.5) is 0 Å². The maximum atomic E-state index is 10.9. The van der Waals surface area contributed by atoms with Crippen LogP contribution in [0.1, 0.15) is 0 Å². The number of nitrogens with zero attached hydrogens (tertiary/aromatic N) is 3. The molecule has 0 atom stereocenters. The van der Waals surface area contributed by atoms with Gasteiger partial charge in [-0.15, -0.1) is 0 Å². The van der Waals surface area contributed by atoms with Crippen LogP contribution in [0, 0.1) is 0 Å². The van der Waals surface area contributed by atoms with Crippen molar-refractivity contribution < 1.29 is 9.59 Å². The van der Waals surface area contributed by atoms with Gasteiger partial charge in [-0.1, -0.05) is 0 Å². The Morgan fingerprint density at radius 2 is 1.85 bits per heavy atom. The first-order valence-corrected chi connectivity index (χ1v) is 4.14. The highest BCUT2D eigenvalue weighted by Crippen LogP contribution is 1.98. The van der Waals surface area contributed by atoms with E-state index in [1.54, 1.807) is 6.07 Å². The number of aromatic nitrogens is 1. The maximum Gasteiger partial charge on any atom is 0.339 e. The highest BCUT2D eigenvalue weighted by molar-refractivity contribution is 9.10. The third-order valence-corrected chi connectivity index (χ3v) is 2.10. The lowest BCUT2D eigenvalue weighted by Gasteiger charge is -1.96. The van der Waals surface area contributed by atoms with Crippen LogP contribution in [-0.2, 0) is 9.59 Å². The molecule has 0 N–H and O–H groups in total. The number of rotatable bonds is 0. The quantitative estimate of drug-likeness (QED) is 0.554. The summed E-state index contributed by atoms with van der Waals surface area (Å²) in [5.74, 6) is -1.74. The van der Waals surface area contributed by atoms with E-state index in [0.29, 0.717) is 9.83 Å². The molecule has 1 aliphatic heterocycles. The number of pyridine rings is 1. The molecular formula is C7H2BrN3O2. The molecule has 0 spiro atoms. The average molecular weight is 240 g/mol. The van der Waals surface area contributed by atoms with Crippen LogP contribution in [0.3, 0.4) is 0 Å². The molecule has 6 heteroatoms. The Morgan fingerprint density at radius 3 is 2.62 bits per heavy atom. The van der Waals surface area contributed by atoms with Crippen molar-refractivity contribution in [2.24, 2.45) is 9.98 Å². The number of carbonyl (C=O) groups is 2. The summed E-state index contributed by atoms with van der Waals surface area (Å²) in [4.78, 5) is 32.5. The molecule has 0 saturated carbocycles. The highest BCUT2D eigenvalue weighted by Gasteiger charge is 2.16. The van der Waals surface area contributed by atoms with Gasteiger partial charge in [-0.25, -0.2) is 4.98 Å². The first-order valence-electron chi connectivity index (χ1n) is 3.35. The Labute approximate surface area is 80.4 Å². The lowest BCUT2D eigenvalue weighted by Crippen LogP contribution is -2.37. The molecule has 0 saturated heterocycles. The zero-order chi connectivity index (χ0) is 9.42. The van der Waals surface area contributed by atoms with E-state index >= 15 is 0 Å². The van der Waals surface area contributed by atoms with Crippen LogP contribution in [-0.4, -0.2) is 16.8 Å². The SMILES string of the molecule is O=C1N=c2nccc(Br)c2=NC1=O. The molecule has 0 aromatic carbocycles. The van der Waals surface area contributed by atoms with Crippen LogP contribution >= 0.6 is 15.9 Å². The molecule has 1 aliphatic rings. The second kappa shape index (κ2) is 2.81. The summed E-state index contributed by atoms with van der Waals surface area (Å²) < 4.78 is 0.599. The van der Waals surface area contributed by atoms with E-state index in [2.05, 4.69) is 30.9 Å². The standard InChI is InChI=1S/C7H2BrN3O2/c8-3-1-2-9-5-4(3)10-6(12)7(13)11-5/h1-2H. The Balaban J connectivity index is 2.92. The zero-order valence-corrected chi connectivity index (χ0v) is 7.78. The zero-order valence-electron chi connectivity index (χ0n) is 6.19. The van der Waals surface area contributed by atoms with Crippen LogP contribution in [0.25, 0.3) is 0 Å². The van der Waals surface area contributed by atoms with Crippen molar-refractivity contribution in [2.45, 2.75) is 0 Å². The summed E-state index contributed by atoms with van der Waals surface area (Å²) in [5, 5.41) is 0.312. The number of fused-ring (bicyclic) bond motifs is 1. The summed E-state index contributed by atoms with van der Waals surface area (Å²) in [6.07, 6.45) is 1.48. The van der Waals surface area contributed by atoms with E-state index < -0.39 is 11.8 Å². The van der Waals surface area contributed by atoms with E-state index in [1.807, 2.05) is 0 Å². The third kappa shape index (κ3) is 1.29. The van der Waals surface area contributed by atoms with E-state index in [9.17, 15) is 9.59 Å². The van der Waals surface area contributed by atoms with Crippen molar-refractivity contribution in [3.05, 3.63) is 27.6 Å². The molecule has 2 amide bonds. The maximum absolute atomic E-state index is 10.9. The summed E-state index contributed by atoms with van der Waals surface area (Å²) in [6, 6.07) is 1.63. The summed E-state index contributed by atoms with van der Waals surface area (Å²) in [6.45, 7) is 0. The largest absolute Gasteiger partial charge is 0.339 e. The van der Waals surface area contributed by atoms with Crippen molar-refractivity contribution in [3.8, 4) is 0 Å². The predicted molar refractivity (Wildman–Crippen MR) is 44.3 cm³/mol. The summed E-state index contributed by atoms with van der Waals surface area (Å²) in [5.41, 5.74) is 0.180. The smallest absolute Gasteiger partial charge is 0.261 e.